The first-order valence-corrected chi connectivity index (χ1v) is 25.0. The lowest BCUT2D eigenvalue weighted by Gasteiger charge is -2.45. The molecule has 67 heavy (non-hydrogen) atoms. The first kappa shape index (κ1) is 40.7. The number of benzene rings is 8. The lowest BCUT2D eigenvalue weighted by atomic mass is 9.33. The van der Waals surface area contributed by atoms with E-state index >= 15 is 0 Å². The Labute approximate surface area is 398 Å². The fraction of sp³-hybridized carbons (Fsp3) is 0.250. The molecule has 3 aliphatic carbocycles. The van der Waals surface area contributed by atoms with E-state index in [2.05, 4.69) is 222 Å². The fourth-order valence-electron chi connectivity index (χ4n) is 13.2. The normalized spacial score (nSPS) is 17.0. The minimum atomic E-state index is -0.102. The summed E-state index contributed by atoms with van der Waals surface area (Å²) in [4.78, 5) is 5.27. The molecule has 0 saturated heterocycles. The van der Waals surface area contributed by atoms with Gasteiger partial charge in [0, 0.05) is 45.0 Å². The van der Waals surface area contributed by atoms with Crippen LogP contribution in [0.4, 0.5) is 34.1 Å². The van der Waals surface area contributed by atoms with Gasteiger partial charge in [-0.15, -0.1) is 0 Å². The van der Waals surface area contributed by atoms with Crippen LogP contribution < -0.4 is 26.2 Å². The number of hydrogen-bond acceptors (Lipinski definition) is 2. The van der Waals surface area contributed by atoms with E-state index in [0.717, 1.165) is 0 Å². The Morgan fingerprint density at radius 2 is 0.985 bits per heavy atom. The predicted molar refractivity (Wildman–Crippen MR) is 286 cm³/mol. The van der Waals surface area contributed by atoms with Gasteiger partial charge in [0.05, 0.1) is 0 Å². The molecule has 0 spiro atoms. The van der Waals surface area contributed by atoms with E-state index in [-0.39, 0.29) is 23.0 Å². The monoisotopic (exact) mass is 866 g/mol. The largest absolute Gasteiger partial charge is 0.311 e. The van der Waals surface area contributed by atoms with Crippen LogP contribution in [0.3, 0.4) is 0 Å². The Balaban J connectivity index is 1.02. The highest BCUT2D eigenvalue weighted by Gasteiger charge is 2.45. The van der Waals surface area contributed by atoms with Crippen molar-refractivity contribution in [1.82, 2.24) is 0 Å². The second kappa shape index (κ2) is 14.5. The van der Waals surface area contributed by atoms with E-state index in [1.54, 1.807) is 0 Å². The van der Waals surface area contributed by atoms with Crippen molar-refractivity contribution in [2.45, 2.75) is 103 Å². The number of anilines is 6. The summed E-state index contributed by atoms with van der Waals surface area (Å²) in [6.07, 6.45) is 6.41. The van der Waals surface area contributed by atoms with Crippen LogP contribution >= 0.6 is 0 Å². The van der Waals surface area contributed by atoms with Crippen LogP contribution in [0.15, 0.2) is 164 Å². The smallest absolute Gasteiger partial charge is 0.252 e. The molecule has 328 valence electrons. The van der Waals surface area contributed by atoms with Gasteiger partial charge in [-0.1, -0.05) is 177 Å². The molecule has 2 nitrogen and oxygen atoms in total. The highest BCUT2D eigenvalue weighted by Crippen LogP contribution is 2.53. The predicted octanol–water partition coefficient (Wildman–Crippen LogP) is 15.4. The van der Waals surface area contributed by atoms with Gasteiger partial charge in [0.25, 0.3) is 6.71 Å². The first-order chi connectivity index (χ1) is 32.4. The minimum absolute atomic E-state index is 0.00370. The van der Waals surface area contributed by atoms with Crippen molar-refractivity contribution in [3.05, 3.63) is 197 Å². The molecule has 2 heterocycles. The maximum Gasteiger partial charge on any atom is 0.252 e. The van der Waals surface area contributed by atoms with E-state index in [4.69, 9.17) is 0 Å². The average Bonchev–Trinajstić information content (AvgIpc) is 3.72. The molecule has 13 rings (SSSR count). The van der Waals surface area contributed by atoms with Crippen LogP contribution in [0.5, 0.6) is 0 Å². The van der Waals surface area contributed by atoms with Gasteiger partial charge < -0.3 is 9.80 Å². The standard InChI is InChI=1S/C64H59BN2/c1-62(2,3)44-28-34-58-56(38-44)65-55-23-15-16-24-57(55)67(46-31-33-50-48-20-12-14-22-52(48)64(6,7)54(50)39-46)60-37-43(40-17-9-8-10-18-40)36-59(61(60)65)66(58)45-29-25-41(26-30-45)42-27-32-49-47-19-11-13-21-51(47)63(4,5)53(49)35-42/h11-16,19-40H,8-10,17-18H2,1-7H3. The second-order valence-corrected chi connectivity index (χ2v) is 22.4. The molecule has 0 amide bonds. The molecule has 8 aromatic rings. The van der Waals surface area contributed by atoms with Gasteiger partial charge in [0.15, 0.2) is 0 Å². The van der Waals surface area contributed by atoms with Crippen LogP contribution in [0.25, 0.3) is 33.4 Å². The van der Waals surface area contributed by atoms with Crippen molar-refractivity contribution in [3.63, 3.8) is 0 Å². The third-order valence-electron chi connectivity index (χ3n) is 16.8. The fourth-order valence-corrected chi connectivity index (χ4v) is 13.2. The zero-order valence-electron chi connectivity index (χ0n) is 40.2. The number of rotatable bonds is 4. The van der Waals surface area contributed by atoms with Crippen molar-refractivity contribution in [3.8, 4) is 33.4 Å². The molecule has 1 fully saturated rings. The molecule has 0 N–H and O–H groups in total. The average molecular weight is 867 g/mol. The van der Waals surface area contributed by atoms with E-state index in [1.807, 2.05) is 0 Å². The van der Waals surface area contributed by atoms with E-state index in [1.165, 1.54) is 149 Å². The summed E-state index contributed by atoms with van der Waals surface area (Å²) in [5.41, 5.74) is 28.1. The van der Waals surface area contributed by atoms with E-state index in [0.29, 0.717) is 5.92 Å². The van der Waals surface area contributed by atoms with Crippen LogP contribution in [-0.2, 0) is 16.2 Å². The zero-order chi connectivity index (χ0) is 45.6. The Bertz CT molecular complexity index is 3340. The lowest BCUT2D eigenvalue weighted by molar-refractivity contribution is 0.444. The third kappa shape index (κ3) is 5.95. The van der Waals surface area contributed by atoms with Crippen molar-refractivity contribution < 1.29 is 0 Å². The molecule has 2 aliphatic heterocycles. The zero-order valence-corrected chi connectivity index (χ0v) is 40.2. The summed E-state index contributed by atoms with van der Waals surface area (Å²) in [5, 5.41) is 0. The highest BCUT2D eigenvalue weighted by molar-refractivity contribution is 7.00. The SMILES string of the molecule is CC(C)(C)c1ccc2c(c1)B1c3ccccc3N(c3ccc4c(c3)C(C)(C)c3ccccc3-4)c3cc(C4CCCCC4)cc(c31)N2c1ccc(-c2ccc3c(c2)C(C)(C)c2ccccc2-3)cc1. The number of para-hydroxylation sites is 1. The van der Waals surface area contributed by atoms with Crippen molar-refractivity contribution >= 4 is 57.2 Å². The molecule has 5 aliphatic rings. The van der Waals surface area contributed by atoms with Crippen LogP contribution in [0, 0.1) is 0 Å². The van der Waals surface area contributed by atoms with Crippen molar-refractivity contribution in [2.75, 3.05) is 9.80 Å². The van der Waals surface area contributed by atoms with Crippen molar-refractivity contribution in [2.24, 2.45) is 0 Å². The lowest BCUT2D eigenvalue weighted by Crippen LogP contribution is -2.61. The Hall–Kier alpha value is -6.58. The quantitative estimate of drug-likeness (QED) is 0.163. The molecule has 0 bridgehead atoms. The molecule has 8 aromatic carbocycles. The Kier molecular flexibility index (Phi) is 8.78. The van der Waals surface area contributed by atoms with E-state index in [9.17, 15) is 0 Å². The van der Waals surface area contributed by atoms with Gasteiger partial charge in [-0.05, 0) is 162 Å². The summed E-state index contributed by atoms with van der Waals surface area (Å²) in [6, 6.07) is 63.9. The summed E-state index contributed by atoms with van der Waals surface area (Å²) in [6.45, 7) is 16.7. The van der Waals surface area contributed by atoms with Crippen LogP contribution in [0.2, 0.25) is 0 Å². The Morgan fingerprint density at radius 1 is 0.448 bits per heavy atom. The van der Waals surface area contributed by atoms with E-state index < -0.39 is 0 Å². The van der Waals surface area contributed by atoms with Gasteiger partial charge >= 0.3 is 0 Å². The van der Waals surface area contributed by atoms with Crippen LogP contribution in [-0.4, -0.2) is 6.71 Å². The van der Waals surface area contributed by atoms with Gasteiger partial charge in [-0.3, -0.25) is 0 Å². The molecule has 0 unspecified atom stereocenters. The second-order valence-electron chi connectivity index (χ2n) is 22.4. The topological polar surface area (TPSA) is 6.48 Å². The molecule has 1 saturated carbocycles. The van der Waals surface area contributed by atoms with Gasteiger partial charge in [-0.2, -0.15) is 0 Å². The highest BCUT2D eigenvalue weighted by atomic mass is 15.2. The number of nitrogens with zero attached hydrogens (tertiary/aromatic N) is 2. The molecular formula is C64H59BN2. The molecular weight excluding hydrogens is 808 g/mol. The Morgan fingerprint density at radius 3 is 1.66 bits per heavy atom. The van der Waals surface area contributed by atoms with Gasteiger partial charge in [0.2, 0.25) is 0 Å². The van der Waals surface area contributed by atoms with Gasteiger partial charge in [-0.25, -0.2) is 0 Å². The van der Waals surface area contributed by atoms with Crippen molar-refractivity contribution in [1.29, 1.82) is 0 Å². The summed E-state index contributed by atoms with van der Waals surface area (Å²) < 4.78 is 0. The minimum Gasteiger partial charge on any atom is -0.311 e. The third-order valence-corrected chi connectivity index (χ3v) is 16.8. The first-order valence-electron chi connectivity index (χ1n) is 25.0. The summed E-state index contributed by atoms with van der Waals surface area (Å²) in [7, 11) is 0. The molecule has 0 radical (unpaired) electrons. The summed E-state index contributed by atoms with van der Waals surface area (Å²) >= 11 is 0. The van der Waals surface area contributed by atoms with Crippen LogP contribution in [0.1, 0.15) is 120 Å². The molecule has 0 atom stereocenters. The maximum absolute atomic E-state index is 2.64. The molecule has 0 aromatic heterocycles. The van der Waals surface area contributed by atoms with Gasteiger partial charge in [0.1, 0.15) is 0 Å². The number of fused-ring (bicyclic) bond motifs is 10. The number of hydrogen-bond donors (Lipinski definition) is 0. The molecule has 3 heteroatoms. The summed E-state index contributed by atoms with van der Waals surface area (Å²) in [5.74, 6) is 0.533. The maximum atomic E-state index is 2.64.